The van der Waals surface area contributed by atoms with Crippen molar-refractivity contribution in [2.24, 2.45) is 5.92 Å². The largest absolute Gasteiger partial charge is 0.375 e. The summed E-state index contributed by atoms with van der Waals surface area (Å²) in [6.45, 7) is 10.6. The number of hydrogen-bond acceptors (Lipinski definition) is 1. The Balaban J connectivity index is 2.75. The molecule has 0 fully saturated rings. The highest BCUT2D eigenvalue weighted by molar-refractivity contribution is 4.52. The smallest absolute Gasteiger partial charge is 0.0836 e. The van der Waals surface area contributed by atoms with Gasteiger partial charge in [0.05, 0.1) is 6.61 Å². The second kappa shape index (κ2) is 6.09. The Labute approximate surface area is 58.4 Å². The van der Waals surface area contributed by atoms with E-state index in [9.17, 15) is 0 Å². The van der Waals surface area contributed by atoms with E-state index in [2.05, 4.69) is 20.8 Å². The zero-order valence-electron chi connectivity index (χ0n) is 6.39. The predicted molar refractivity (Wildman–Crippen MR) is 39.7 cm³/mol. The van der Waals surface area contributed by atoms with Crippen LogP contribution in [-0.4, -0.2) is 6.61 Å². The Morgan fingerprint density at radius 1 is 1.56 bits per heavy atom. The van der Waals surface area contributed by atoms with Crippen molar-refractivity contribution in [2.45, 2.75) is 26.7 Å². The molecule has 0 unspecified atom stereocenters. The molecule has 0 amide bonds. The highest BCUT2D eigenvalue weighted by Crippen LogP contribution is 1.97. The second-order valence-corrected chi connectivity index (χ2v) is 2.54. The van der Waals surface area contributed by atoms with Gasteiger partial charge in [-0.1, -0.05) is 27.2 Å². The van der Waals surface area contributed by atoms with E-state index in [4.69, 9.17) is 4.74 Å². The first-order valence-electron chi connectivity index (χ1n) is 3.50. The normalized spacial score (nSPS) is 10.7. The average molecular weight is 128 g/mol. The van der Waals surface area contributed by atoms with Crippen LogP contribution < -0.4 is 0 Å². The molecule has 0 rings (SSSR count). The Kier molecular flexibility index (Phi) is 6.06. The number of hydrogen-bond donors (Lipinski definition) is 0. The summed E-state index contributed by atoms with van der Waals surface area (Å²) >= 11 is 0. The molecule has 54 valence electrons. The van der Waals surface area contributed by atoms with Crippen LogP contribution in [0.2, 0.25) is 0 Å². The van der Waals surface area contributed by atoms with Gasteiger partial charge in [0, 0.05) is 6.61 Å². The van der Waals surface area contributed by atoms with Crippen molar-refractivity contribution in [1.82, 2.24) is 0 Å². The summed E-state index contributed by atoms with van der Waals surface area (Å²) in [7, 11) is 0. The van der Waals surface area contributed by atoms with Crippen LogP contribution in [0.25, 0.3) is 0 Å². The summed E-state index contributed by atoms with van der Waals surface area (Å²) in [4.78, 5) is 0. The molecular formula is C8H16O. The van der Waals surface area contributed by atoms with Crippen molar-refractivity contribution in [3.63, 3.8) is 0 Å². The summed E-state index contributed by atoms with van der Waals surface area (Å²) in [5.41, 5.74) is 0. The molecule has 1 heteroatoms. The van der Waals surface area contributed by atoms with Crippen LogP contribution in [0.5, 0.6) is 0 Å². The maximum absolute atomic E-state index is 5.17. The van der Waals surface area contributed by atoms with Crippen LogP contribution in [-0.2, 0) is 4.74 Å². The Hall–Kier alpha value is -0.0400. The van der Waals surface area contributed by atoms with Crippen LogP contribution in [0.3, 0.4) is 0 Å². The van der Waals surface area contributed by atoms with E-state index in [1.165, 1.54) is 0 Å². The van der Waals surface area contributed by atoms with E-state index in [0.29, 0.717) is 5.92 Å². The van der Waals surface area contributed by atoms with Gasteiger partial charge < -0.3 is 4.74 Å². The molecule has 0 aromatic rings. The zero-order valence-corrected chi connectivity index (χ0v) is 6.39. The molecular weight excluding hydrogens is 112 g/mol. The molecule has 0 atom stereocenters. The van der Waals surface area contributed by atoms with Crippen LogP contribution in [0, 0.1) is 19.4 Å². The van der Waals surface area contributed by atoms with Gasteiger partial charge in [-0.05, 0) is 12.3 Å². The third kappa shape index (κ3) is 7.96. The molecule has 0 saturated heterocycles. The highest BCUT2D eigenvalue weighted by atomic mass is 16.5. The van der Waals surface area contributed by atoms with Gasteiger partial charge in [0.2, 0.25) is 0 Å². The van der Waals surface area contributed by atoms with Gasteiger partial charge >= 0.3 is 0 Å². The average Bonchev–Trinajstić information content (AvgIpc) is 1.80. The summed E-state index contributed by atoms with van der Waals surface area (Å²) in [6.07, 6.45) is 1.89. The summed E-state index contributed by atoms with van der Waals surface area (Å²) < 4.78 is 5.17. The van der Waals surface area contributed by atoms with Gasteiger partial charge in [-0.3, -0.25) is 0 Å². The Bertz CT molecular complexity index is 50.5. The van der Waals surface area contributed by atoms with Gasteiger partial charge in [-0.2, -0.15) is 0 Å². The molecule has 0 aliphatic carbocycles. The van der Waals surface area contributed by atoms with Crippen LogP contribution in [0.15, 0.2) is 0 Å². The van der Waals surface area contributed by atoms with Gasteiger partial charge in [0.1, 0.15) is 0 Å². The summed E-state index contributed by atoms with van der Waals surface area (Å²) in [6, 6.07) is 0. The maximum atomic E-state index is 5.17. The lowest BCUT2D eigenvalue weighted by Crippen LogP contribution is -1.98. The fourth-order valence-electron chi connectivity index (χ4n) is 0.427. The van der Waals surface area contributed by atoms with Gasteiger partial charge in [-0.15, -0.1) is 0 Å². The third-order valence-electron chi connectivity index (χ3n) is 0.869. The fourth-order valence-corrected chi connectivity index (χ4v) is 0.427. The Morgan fingerprint density at radius 2 is 2.22 bits per heavy atom. The third-order valence-corrected chi connectivity index (χ3v) is 0.869. The minimum Gasteiger partial charge on any atom is -0.375 e. The first-order valence-corrected chi connectivity index (χ1v) is 3.50. The van der Waals surface area contributed by atoms with E-state index in [0.717, 1.165) is 19.4 Å². The first-order chi connectivity index (χ1) is 4.27. The standard InChI is InChI=1S/C8H16O/c1-4-5-6-9-7-8(2)3/h6,8H,1,4-5,7H2,2-3H3. The zero-order chi connectivity index (χ0) is 7.11. The van der Waals surface area contributed by atoms with E-state index in [1.807, 2.05) is 6.61 Å². The molecule has 0 saturated carbocycles. The minimum atomic E-state index is 0.631. The van der Waals surface area contributed by atoms with Crippen molar-refractivity contribution in [3.05, 3.63) is 13.5 Å². The van der Waals surface area contributed by atoms with E-state index in [1.54, 1.807) is 0 Å². The monoisotopic (exact) mass is 128 g/mol. The van der Waals surface area contributed by atoms with E-state index >= 15 is 0 Å². The van der Waals surface area contributed by atoms with Gasteiger partial charge in [0.25, 0.3) is 0 Å². The number of ether oxygens (including phenoxy) is 1. The van der Waals surface area contributed by atoms with E-state index < -0.39 is 0 Å². The fraction of sp³-hybridized carbons (Fsp3) is 0.750. The molecule has 2 radical (unpaired) electrons. The lowest BCUT2D eigenvalue weighted by atomic mass is 10.2. The molecule has 0 N–H and O–H groups in total. The molecule has 0 aliphatic rings. The lowest BCUT2D eigenvalue weighted by molar-refractivity contribution is 0.162. The SMILES string of the molecule is [CH2]CC[CH]OCC(C)C. The number of unbranched alkanes of at least 4 members (excludes halogenated alkanes) is 1. The molecule has 9 heavy (non-hydrogen) atoms. The quantitative estimate of drug-likeness (QED) is 0.517. The van der Waals surface area contributed by atoms with Crippen LogP contribution >= 0.6 is 0 Å². The maximum Gasteiger partial charge on any atom is 0.0836 e. The molecule has 0 aromatic heterocycles. The van der Waals surface area contributed by atoms with Crippen LogP contribution in [0.4, 0.5) is 0 Å². The summed E-state index contributed by atoms with van der Waals surface area (Å²) in [5, 5.41) is 0. The first kappa shape index (κ1) is 8.96. The van der Waals surface area contributed by atoms with Crippen LogP contribution in [0.1, 0.15) is 26.7 Å². The van der Waals surface area contributed by atoms with Gasteiger partial charge in [-0.25, -0.2) is 0 Å². The molecule has 0 spiro atoms. The predicted octanol–water partition coefficient (Wildman–Crippen LogP) is 2.44. The topological polar surface area (TPSA) is 9.23 Å². The van der Waals surface area contributed by atoms with Crippen molar-refractivity contribution in [3.8, 4) is 0 Å². The Morgan fingerprint density at radius 3 is 2.67 bits per heavy atom. The van der Waals surface area contributed by atoms with E-state index in [-0.39, 0.29) is 0 Å². The summed E-state index contributed by atoms with van der Waals surface area (Å²) in [5.74, 6) is 0.631. The highest BCUT2D eigenvalue weighted by Gasteiger charge is 1.91. The van der Waals surface area contributed by atoms with Crippen molar-refractivity contribution in [1.29, 1.82) is 0 Å². The van der Waals surface area contributed by atoms with Crippen molar-refractivity contribution >= 4 is 0 Å². The molecule has 0 aromatic carbocycles. The second-order valence-electron chi connectivity index (χ2n) is 2.54. The molecule has 0 bridgehead atoms. The molecule has 0 heterocycles. The molecule has 0 aliphatic heterocycles. The minimum absolute atomic E-state index is 0.631. The molecule has 1 nitrogen and oxygen atoms in total. The number of rotatable bonds is 5. The van der Waals surface area contributed by atoms with Gasteiger partial charge in [0.15, 0.2) is 0 Å². The lowest BCUT2D eigenvalue weighted by Gasteiger charge is -2.03. The van der Waals surface area contributed by atoms with Crippen molar-refractivity contribution in [2.75, 3.05) is 6.61 Å². The van der Waals surface area contributed by atoms with Crippen molar-refractivity contribution < 1.29 is 4.74 Å².